The molecule has 4 unspecified atom stereocenters. The van der Waals surface area contributed by atoms with Gasteiger partial charge in [0.15, 0.2) is 12.1 Å². The Morgan fingerprint density at radius 3 is 2.11 bits per heavy atom. The van der Waals surface area contributed by atoms with Gasteiger partial charge in [0.05, 0.1) is 18.3 Å². The largest absolute Gasteiger partial charge is 0.385 e. The molecular formula is C13H26O5. The lowest BCUT2D eigenvalue weighted by Gasteiger charge is -2.42. The van der Waals surface area contributed by atoms with Gasteiger partial charge < -0.3 is 24.4 Å². The standard InChI is InChI=1S/C13H26O5/c1-8-7-16-11(18-12(2,3)4)9(14)10(8)17-13(5,6)15/h8-11,14-15H,7H2,1-6H3. The summed E-state index contributed by atoms with van der Waals surface area (Å²) < 4.78 is 16.6. The van der Waals surface area contributed by atoms with Gasteiger partial charge in [-0.2, -0.15) is 0 Å². The lowest BCUT2D eigenvalue weighted by atomic mass is 9.96. The maximum atomic E-state index is 10.2. The van der Waals surface area contributed by atoms with Gasteiger partial charge in [0, 0.05) is 5.92 Å². The number of hydrogen-bond donors (Lipinski definition) is 2. The Kier molecular flexibility index (Phi) is 4.78. The van der Waals surface area contributed by atoms with Crippen LogP contribution in [0.2, 0.25) is 0 Å². The molecule has 0 spiro atoms. The zero-order chi connectivity index (χ0) is 14.1. The zero-order valence-electron chi connectivity index (χ0n) is 12.1. The lowest BCUT2D eigenvalue weighted by Crippen LogP contribution is -2.55. The third kappa shape index (κ3) is 4.82. The van der Waals surface area contributed by atoms with Crippen molar-refractivity contribution in [3.05, 3.63) is 0 Å². The smallest absolute Gasteiger partial charge is 0.186 e. The molecule has 0 aliphatic carbocycles. The summed E-state index contributed by atoms with van der Waals surface area (Å²) in [6.45, 7) is 11.1. The van der Waals surface area contributed by atoms with Crippen molar-refractivity contribution in [2.75, 3.05) is 6.61 Å². The predicted molar refractivity (Wildman–Crippen MR) is 66.9 cm³/mol. The van der Waals surface area contributed by atoms with E-state index in [9.17, 15) is 10.2 Å². The number of aliphatic hydroxyl groups excluding tert-OH is 1. The summed E-state index contributed by atoms with van der Waals surface area (Å²) in [4.78, 5) is 0. The number of ether oxygens (including phenoxy) is 3. The van der Waals surface area contributed by atoms with Gasteiger partial charge in [0.25, 0.3) is 0 Å². The van der Waals surface area contributed by atoms with Crippen molar-refractivity contribution in [2.24, 2.45) is 5.92 Å². The molecule has 0 aromatic carbocycles. The third-order valence-electron chi connectivity index (χ3n) is 2.59. The molecule has 1 aliphatic heterocycles. The Labute approximate surface area is 109 Å². The van der Waals surface area contributed by atoms with Gasteiger partial charge >= 0.3 is 0 Å². The molecule has 18 heavy (non-hydrogen) atoms. The molecule has 108 valence electrons. The van der Waals surface area contributed by atoms with Crippen LogP contribution in [-0.2, 0) is 14.2 Å². The zero-order valence-corrected chi connectivity index (χ0v) is 12.1. The van der Waals surface area contributed by atoms with Crippen LogP contribution in [0.1, 0.15) is 41.5 Å². The summed E-state index contributed by atoms with van der Waals surface area (Å²) in [6, 6.07) is 0. The fourth-order valence-corrected chi connectivity index (χ4v) is 1.90. The fraction of sp³-hybridized carbons (Fsp3) is 1.00. The van der Waals surface area contributed by atoms with Gasteiger partial charge in [0.2, 0.25) is 0 Å². The van der Waals surface area contributed by atoms with Crippen LogP contribution in [0.25, 0.3) is 0 Å². The second-order valence-corrected chi connectivity index (χ2v) is 6.43. The van der Waals surface area contributed by atoms with Gasteiger partial charge in [-0.05, 0) is 34.6 Å². The van der Waals surface area contributed by atoms with E-state index in [1.165, 1.54) is 0 Å². The molecule has 1 aliphatic rings. The van der Waals surface area contributed by atoms with Crippen molar-refractivity contribution < 1.29 is 24.4 Å². The van der Waals surface area contributed by atoms with Crippen LogP contribution in [0.4, 0.5) is 0 Å². The molecule has 5 heteroatoms. The molecule has 0 radical (unpaired) electrons. The highest BCUT2D eigenvalue weighted by atomic mass is 16.7. The van der Waals surface area contributed by atoms with E-state index in [4.69, 9.17) is 14.2 Å². The van der Waals surface area contributed by atoms with Gasteiger partial charge in [-0.1, -0.05) is 6.92 Å². The van der Waals surface area contributed by atoms with Crippen molar-refractivity contribution >= 4 is 0 Å². The summed E-state index contributed by atoms with van der Waals surface area (Å²) in [5.74, 6) is -1.30. The van der Waals surface area contributed by atoms with Crippen LogP contribution in [0, 0.1) is 5.92 Å². The van der Waals surface area contributed by atoms with Crippen LogP contribution in [0.5, 0.6) is 0 Å². The van der Waals surface area contributed by atoms with Crippen molar-refractivity contribution in [3.63, 3.8) is 0 Å². The summed E-state index contributed by atoms with van der Waals surface area (Å²) in [6.07, 6.45) is -2.15. The van der Waals surface area contributed by atoms with Gasteiger partial charge in [-0.15, -0.1) is 0 Å². The van der Waals surface area contributed by atoms with Crippen molar-refractivity contribution in [3.8, 4) is 0 Å². The fourth-order valence-electron chi connectivity index (χ4n) is 1.90. The number of aliphatic hydroxyl groups is 2. The van der Waals surface area contributed by atoms with Crippen LogP contribution >= 0.6 is 0 Å². The molecule has 2 N–H and O–H groups in total. The van der Waals surface area contributed by atoms with E-state index in [1.54, 1.807) is 13.8 Å². The van der Waals surface area contributed by atoms with E-state index in [1.807, 2.05) is 27.7 Å². The average Bonchev–Trinajstić information content (AvgIpc) is 2.14. The summed E-state index contributed by atoms with van der Waals surface area (Å²) >= 11 is 0. The quantitative estimate of drug-likeness (QED) is 0.750. The predicted octanol–water partition coefficient (Wildman–Crippen LogP) is 1.27. The molecule has 0 amide bonds. The molecule has 1 saturated heterocycles. The minimum absolute atomic E-state index is 0.00811. The minimum Gasteiger partial charge on any atom is -0.385 e. The monoisotopic (exact) mass is 262 g/mol. The van der Waals surface area contributed by atoms with E-state index in [0.29, 0.717) is 6.61 Å². The number of rotatable bonds is 3. The van der Waals surface area contributed by atoms with Crippen LogP contribution in [-0.4, -0.2) is 46.7 Å². The van der Waals surface area contributed by atoms with E-state index < -0.39 is 29.9 Å². The second-order valence-electron chi connectivity index (χ2n) is 6.43. The van der Waals surface area contributed by atoms with E-state index in [2.05, 4.69) is 0 Å². The first kappa shape index (κ1) is 15.9. The first-order valence-electron chi connectivity index (χ1n) is 6.37. The average molecular weight is 262 g/mol. The topological polar surface area (TPSA) is 68.2 Å². The number of hydrogen-bond acceptors (Lipinski definition) is 5. The molecule has 1 heterocycles. The SMILES string of the molecule is CC1COC(OC(C)(C)C)C(O)C1OC(C)(C)O. The van der Waals surface area contributed by atoms with Gasteiger partial charge in [0.1, 0.15) is 6.10 Å². The maximum absolute atomic E-state index is 10.2. The second kappa shape index (κ2) is 5.43. The summed E-state index contributed by atoms with van der Waals surface area (Å²) in [5, 5.41) is 19.9. The van der Waals surface area contributed by atoms with E-state index >= 15 is 0 Å². The molecule has 0 aromatic rings. The maximum Gasteiger partial charge on any atom is 0.186 e. The van der Waals surface area contributed by atoms with Crippen molar-refractivity contribution in [1.29, 1.82) is 0 Å². The van der Waals surface area contributed by atoms with Gasteiger partial charge in [-0.25, -0.2) is 0 Å². The minimum atomic E-state index is -1.29. The Morgan fingerprint density at radius 2 is 1.67 bits per heavy atom. The highest BCUT2D eigenvalue weighted by Crippen LogP contribution is 2.28. The molecule has 5 nitrogen and oxygen atoms in total. The Bertz CT molecular complexity index is 266. The first-order valence-corrected chi connectivity index (χ1v) is 6.37. The Hall–Kier alpha value is -0.200. The van der Waals surface area contributed by atoms with Crippen LogP contribution in [0.3, 0.4) is 0 Å². The van der Waals surface area contributed by atoms with Gasteiger partial charge in [-0.3, -0.25) is 0 Å². The molecular weight excluding hydrogens is 236 g/mol. The molecule has 1 fully saturated rings. The first-order chi connectivity index (χ1) is 7.99. The summed E-state index contributed by atoms with van der Waals surface area (Å²) in [7, 11) is 0. The Morgan fingerprint density at radius 1 is 1.11 bits per heavy atom. The van der Waals surface area contributed by atoms with E-state index in [-0.39, 0.29) is 5.92 Å². The van der Waals surface area contributed by atoms with E-state index in [0.717, 1.165) is 0 Å². The Balaban J connectivity index is 2.71. The third-order valence-corrected chi connectivity index (χ3v) is 2.59. The lowest BCUT2D eigenvalue weighted by molar-refractivity contribution is -0.321. The van der Waals surface area contributed by atoms with Crippen LogP contribution < -0.4 is 0 Å². The molecule has 4 atom stereocenters. The normalized spacial score (nSPS) is 34.7. The molecule has 0 aromatic heterocycles. The highest BCUT2D eigenvalue weighted by Gasteiger charge is 2.42. The van der Waals surface area contributed by atoms with Crippen molar-refractivity contribution in [2.45, 2.75) is 71.4 Å². The molecule has 0 saturated carbocycles. The highest BCUT2D eigenvalue weighted by molar-refractivity contribution is 4.84. The summed E-state index contributed by atoms with van der Waals surface area (Å²) in [5.41, 5.74) is -0.411. The molecule has 1 rings (SSSR count). The molecule has 0 bridgehead atoms. The van der Waals surface area contributed by atoms with Crippen LogP contribution in [0.15, 0.2) is 0 Å². The van der Waals surface area contributed by atoms with Crippen molar-refractivity contribution in [1.82, 2.24) is 0 Å².